The van der Waals surface area contributed by atoms with Crippen LogP contribution in [0.2, 0.25) is 0 Å². The Morgan fingerprint density at radius 3 is 2.65 bits per heavy atom. The van der Waals surface area contributed by atoms with E-state index in [1.54, 1.807) is 29.7 Å². The lowest BCUT2D eigenvalue weighted by Crippen LogP contribution is -2.30. The summed E-state index contributed by atoms with van der Waals surface area (Å²) in [6.07, 6.45) is 0.938. The first-order valence-electron chi connectivity index (χ1n) is 12.5. The minimum atomic E-state index is -0.784. The second-order valence-electron chi connectivity index (χ2n) is 9.33. The average Bonchev–Trinajstić information content (AvgIpc) is 3.53. The molecule has 0 aliphatic rings. The highest BCUT2D eigenvalue weighted by atomic mass is 32.1. The van der Waals surface area contributed by atoms with E-state index in [2.05, 4.69) is 15.3 Å². The fraction of sp³-hybridized carbons (Fsp3) is 0.133. The largest absolute Gasteiger partial charge is 0.493 e. The molecule has 4 heterocycles. The molecule has 1 amide bonds. The average molecular weight is 551 g/mol. The van der Waals surface area contributed by atoms with Gasteiger partial charge in [0, 0.05) is 22.4 Å². The smallest absolute Gasteiger partial charge is 0.267 e. The molecule has 7 aromatic rings. The lowest BCUT2D eigenvalue weighted by Gasteiger charge is -2.14. The molecule has 10 heteroatoms. The van der Waals surface area contributed by atoms with Crippen LogP contribution < -0.4 is 25.1 Å². The number of benzene rings is 3. The summed E-state index contributed by atoms with van der Waals surface area (Å²) in [5, 5.41) is 6.10. The van der Waals surface area contributed by atoms with Gasteiger partial charge in [-0.1, -0.05) is 23.5 Å². The van der Waals surface area contributed by atoms with Gasteiger partial charge in [-0.05, 0) is 55.5 Å². The summed E-state index contributed by atoms with van der Waals surface area (Å²) >= 11 is 1.41. The van der Waals surface area contributed by atoms with Gasteiger partial charge in [0.05, 0.1) is 46.4 Å². The maximum absolute atomic E-state index is 13.9. The van der Waals surface area contributed by atoms with E-state index < -0.39 is 6.10 Å². The quantitative estimate of drug-likeness (QED) is 0.268. The SMILES string of the molecule is COc1ccc2c(c1OC)c(=O)n1c3ccc(OC(C)C(=O)Nc4nc5ccccc5s4)cc3c3ccnc2c31. The van der Waals surface area contributed by atoms with Crippen molar-refractivity contribution in [1.82, 2.24) is 14.4 Å². The van der Waals surface area contributed by atoms with Crippen molar-refractivity contribution in [3.63, 3.8) is 0 Å². The maximum atomic E-state index is 13.9. The summed E-state index contributed by atoms with van der Waals surface area (Å²) in [5.41, 5.74) is 2.68. The first-order chi connectivity index (χ1) is 19.5. The van der Waals surface area contributed by atoms with Crippen LogP contribution in [-0.2, 0) is 4.79 Å². The number of thiazole rings is 1. The Bertz CT molecular complexity index is 2140. The van der Waals surface area contributed by atoms with E-state index in [9.17, 15) is 9.59 Å². The Kier molecular flexibility index (Phi) is 5.46. The van der Waals surface area contributed by atoms with Crippen LogP contribution in [0.3, 0.4) is 0 Å². The first-order valence-corrected chi connectivity index (χ1v) is 13.4. The van der Waals surface area contributed by atoms with Gasteiger partial charge in [-0.2, -0.15) is 0 Å². The Hall–Kier alpha value is -4.96. The molecule has 1 unspecified atom stereocenters. The summed E-state index contributed by atoms with van der Waals surface area (Å²) in [6, 6.07) is 18.6. The van der Waals surface area contributed by atoms with Crippen molar-refractivity contribution in [1.29, 1.82) is 0 Å². The number of hydrogen-bond acceptors (Lipinski definition) is 8. The number of hydrogen-bond donors (Lipinski definition) is 1. The molecule has 9 nitrogen and oxygen atoms in total. The highest BCUT2D eigenvalue weighted by Crippen LogP contribution is 2.39. The number of pyridine rings is 2. The van der Waals surface area contributed by atoms with Gasteiger partial charge < -0.3 is 14.2 Å². The van der Waals surface area contributed by atoms with Crippen molar-refractivity contribution in [2.24, 2.45) is 0 Å². The zero-order chi connectivity index (χ0) is 27.5. The fourth-order valence-corrected chi connectivity index (χ4v) is 6.13. The van der Waals surface area contributed by atoms with Crippen molar-refractivity contribution in [2.75, 3.05) is 19.5 Å². The van der Waals surface area contributed by atoms with Gasteiger partial charge in [0.15, 0.2) is 22.7 Å². The lowest BCUT2D eigenvalue weighted by atomic mass is 10.1. The number of rotatable bonds is 6. The molecule has 7 rings (SSSR count). The molecule has 0 radical (unpaired) electrons. The second kappa shape index (κ2) is 9.06. The van der Waals surface area contributed by atoms with Gasteiger partial charge in [-0.25, -0.2) is 4.98 Å². The van der Waals surface area contributed by atoms with Gasteiger partial charge in [0.2, 0.25) is 0 Å². The van der Waals surface area contributed by atoms with E-state index in [1.807, 2.05) is 48.5 Å². The third kappa shape index (κ3) is 3.53. The van der Waals surface area contributed by atoms with Gasteiger partial charge in [-0.3, -0.25) is 24.3 Å². The highest BCUT2D eigenvalue weighted by Gasteiger charge is 2.23. The predicted molar refractivity (Wildman–Crippen MR) is 157 cm³/mol. The summed E-state index contributed by atoms with van der Waals surface area (Å²) in [5.74, 6) is 1.03. The number of nitrogens with zero attached hydrogens (tertiary/aromatic N) is 3. The third-order valence-electron chi connectivity index (χ3n) is 7.07. The molecule has 1 atom stereocenters. The normalized spacial score (nSPS) is 12.5. The Morgan fingerprint density at radius 2 is 1.85 bits per heavy atom. The van der Waals surface area contributed by atoms with Crippen molar-refractivity contribution in [3.8, 4) is 17.2 Å². The van der Waals surface area contributed by atoms with Crippen molar-refractivity contribution in [2.45, 2.75) is 13.0 Å². The number of ether oxygens (including phenoxy) is 3. The summed E-state index contributed by atoms with van der Waals surface area (Å²) in [4.78, 5) is 35.9. The van der Waals surface area contributed by atoms with Crippen LogP contribution in [0.1, 0.15) is 6.92 Å². The Morgan fingerprint density at radius 1 is 1.00 bits per heavy atom. The molecule has 198 valence electrons. The molecule has 4 aromatic heterocycles. The van der Waals surface area contributed by atoms with Gasteiger partial charge >= 0.3 is 0 Å². The molecule has 0 aliphatic carbocycles. The maximum Gasteiger partial charge on any atom is 0.267 e. The fourth-order valence-electron chi connectivity index (χ4n) is 5.26. The predicted octanol–water partition coefficient (Wildman–Crippen LogP) is 5.62. The van der Waals surface area contributed by atoms with Crippen LogP contribution >= 0.6 is 11.3 Å². The van der Waals surface area contributed by atoms with E-state index in [0.717, 1.165) is 21.0 Å². The third-order valence-corrected chi connectivity index (χ3v) is 8.02. The van der Waals surface area contributed by atoms with Crippen LogP contribution in [0.25, 0.3) is 48.3 Å². The molecule has 3 aromatic carbocycles. The summed E-state index contributed by atoms with van der Waals surface area (Å²) in [7, 11) is 3.05. The number of amides is 1. The molecule has 0 aliphatic heterocycles. The van der Waals surface area contributed by atoms with E-state index >= 15 is 0 Å². The number of anilines is 1. The Labute approximate surface area is 230 Å². The molecular weight excluding hydrogens is 528 g/mol. The lowest BCUT2D eigenvalue weighted by molar-refractivity contribution is -0.122. The molecule has 0 saturated carbocycles. The van der Waals surface area contributed by atoms with Crippen LogP contribution in [-0.4, -0.2) is 40.6 Å². The Balaban J connectivity index is 1.30. The van der Waals surface area contributed by atoms with Crippen LogP contribution in [0.5, 0.6) is 17.2 Å². The van der Waals surface area contributed by atoms with Crippen molar-refractivity contribution < 1.29 is 19.0 Å². The van der Waals surface area contributed by atoms with E-state index in [1.165, 1.54) is 25.6 Å². The summed E-state index contributed by atoms with van der Waals surface area (Å²) in [6.45, 7) is 1.69. The topological polar surface area (TPSA) is 104 Å². The number of carbonyl (C=O) groups excluding carboxylic acids is 1. The first kappa shape index (κ1) is 24.1. The molecule has 1 N–H and O–H groups in total. The van der Waals surface area contributed by atoms with Crippen LogP contribution in [0.4, 0.5) is 5.13 Å². The van der Waals surface area contributed by atoms with Gasteiger partial charge in [0.1, 0.15) is 5.75 Å². The molecule has 40 heavy (non-hydrogen) atoms. The second-order valence-corrected chi connectivity index (χ2v) is 10.4. The number of fused-ring (bicyclic) bond motifs is 6. The van der Waals surface area contributed by atoms with Crippen LogP contribution in [0, 0.1) is 0 Å². The van der Waals surface area contributed by atoms with Crippen molar-refractivity contribution in [3.05, 3.63) is 77.2 Å². The molecular formula is C30H22N4O5S. The van der Waals surface area contributed by atoms with Gasteiger partial charge in [0.25, 0.3) is 11.5 Å². The molecule has 0 saturated heterocycles. The van der Waals surface area contributed by atoms with E-state index in [4.69, 9.17) is 14.2 Å². The number of aromatic nitrogens is 3. The van der Waals surface area contributed by atoms with Crippen molar-refractivity contribution >= 4 is 70.7 Å². The molecule has 0 spiro atoms. The standard InChI is InChI=1S/C30H22N4O5S/c1-15(28(35)33-30-32-20-6-4-5-7-23(20)40-30)39-16-8-10-21-19(14-16)17-12-13-31-25-18-9-11-22(37-2)27(38-3)24(18)29(36)34(21)26(17)25/h4-15H,1-3H3,(H,32,33,35). The van der Waals surface area contributed by atoms with E-state index in [-0.39, 0.29) is 11.5 Å². The molecule has 0 bridgehead atoms. The zero-order valence-electron chi connectivity index (χ0n) is 21.7. The zero-order valence-corrected chi connectivity index (χ0v) is 22.5. The number of nitrogens with one attached hydrogen (secondary N) is 1. The minimum Gasteiger partial charge on any atom is -0.493 e. The monoisotopic (exact) mass is 550 g/mol. The number of carbonyl (C=O) groups is 1. The van der Waals surface area contributed by atoms with E-state index in [0.29, 0.717) is 49.7 Å². The van der Waals surface area contributed by atoms with Gasteiger partial charge in [-0.15, -0.1) is 0 Å². The van der Waals surface area contributed by atoms with Crippen LogP contribution in [0.15, 0.2) is 71.7 Å². The molecule has 0 fully saturated rings. The summed E-state index contributed by atoms with van der Waals surface area (Å²) < 4.78 is 19.7. The number of para-hydroxylation sites is 1. The minimum absolute atomic E-state index is 0.233. The number of methoxy groups -OCH3 is 2. The highest BCUT2D eigenvalue weighted by molar-refractivity contribution is 7.22.